The molecule has 2 aromatic heterocycles. The molecule has 1 saturated heterocycles. The summed E-state index contributed by atoms with van der Waals surface area (Å²) in [4.78, 5) is 15.3. The molecule has 1 aliphatic heterocycles. The molecule has 27 heavy (non-hydrogen) atoms. The van der Waals surface area contributed by atoms with Gasteiger partial charge in [0.05, 0.1) is 11.2 Å². The summed E-state index contributed by atoms with van der Waals surface area (Å²) < 4.78 is 6.91. The van der Waals surface area contributed by atoms with Crippen LogP contribution in [0, 0.1) is 17.8 Å². The number of carbonyl (C=O) groups is 1. The molecule has 6 nitrogen and oxygen atoms in total. The highest BCUT2D eigenvalue weighted by Crippen LogP contribution is 2.51. The van der Waals surface area contributed by atoms with Crippen molar-refractivity contribution in [3.8, 4) is 0 Å². The molecule has 3 heterocycles. The largest absolute Gasteiger partial charge is 0.385 e. The monoisotopic (exact) mass is 370 g/mol. The van der Waals surface area contributed by atoms with Crippen LogP contribution in [0.5, 0.6) is 0 Å². The van der Waals surface area contributed by atoms with Gasteiger partial charge in [-0.3, -0.25) is 4.79 Å². The fourth-order valence-electron chi connectivity index (χ4n) is 4.44. The van der Waals surface area contributed by atoms with E-state index < -0.39 is 0 Å². The van der Waals surface area contributed by atoms with E-state index in [9.17, 15) is 4.79 Å². The zero-order valence-electron chi connectivity index (χ0n) is 16.5. The van der Waals surface area contributed by atoms with Crippen molar-refractivity contribution < 1.29 is 9.53 Å². The second kappa shape index (κ2) is 7.60. The molecule has 2 fully saturated rings. The Balaban J connectivity index is 1.31. The molecular weight excluding hydrogens is 340 g/mol. The van der Waals surface area contributed by atoms with E-state index in [1.807, 2.05) is 18.2 Å². The van der Waals surface area contributed by atoms with Crippen molar-refractivity contribution in [2.24, 2.45) is 17.8 Å². The van der Waals surface area contributed by atoms with E-state index in [1.165, 1.54) is 13.1 Å². The molecule has 4 rings (SSSR count). The van der Waals surface area contributed by atoms with E-state index in [1.54, 1.807) is 11.6 Å². The first-order chi connectivity index (χ1) is 13.1. The van der Waals surface area contributed by atoms with Gasteiger partial charge >= 0.3 is 0 Å². The molecule has 6 heteroatoms. The van der Waals surface area contributed by atoms with Crippen molar-refractivity contribution in [2.45, 2.75) is 26.2 Å². The van der Waals surface area contributed by atoms with E-state index in [4.69, 9.17) is 4.74 Å². The van der Waals surface area contributed by atoms with E-state index in [0.29, 0.717) is 17.5 Å². The molecule has 1 aliphatic carbocycles. The smallest absolute Gasteiger partial charge is 0.269 e. The maximum atomic E-state index is 12.7. The van der Waals surface area contributed by atoms with Gasteiger partial charge in [0, 0.05) is 39.9 Å². The SMILES string of the molecule is COCCCN1CC2C(CNC(=O)c3cccc4cc(C(C)C)nn34)C2C1. The lowest BCUT2D eigenvalue weighted by Crippen LogP contribution is -2.32. The zero-order valence-corrected chi connectivity index (χ0v) is 16.5. The zero-order chi connectivity index (χ0) is 19.0. The third-order valence-corrected chi connectivity index (χ3v) is 6.10. The number of ether oxygens (including phenoxy) is 1. The summed E-state index contributed by atoms with van der Waals surface area (Å²) in [6.07, 6.45) is 1.10. The van der Waals surface area contributed by atoms with E-state index >= 15 is 0 Å². The van der Waals surface area contributed by atoms with Crippen molar-refractivity contribution in [3.05, 3.63) is 35.7 Å². The highest BCUT2D eigenvalue weighted by Gasteiger charge is 2.54. The average Bonchev–Trinajstić information content (AvgIpc) is 3.03. The van der Waals surface area contributed by atoms with Gasteiger partial charge in [0.2, 0.25) is 0 Å². The van der Waals surface area contributed by atoms with Gasteiger partial charge in [-0.1, -0.05) is 19.9 Å². The van der Waals surface area contributed by atoms with Gasteiger partial charge in [0.25, 0.3) is 5.91 Å². The number of likely N-dealkylation sites (tertiary alicyclic amines) is 1. The normalized spacial score (nSPS) is 24.5. The van der Waals surface area contributed by atoms with Crippen LogP contribution in [0.15, 0.2) is 24.3 Å². The molecule has 1 amide bonds. The minimum atomic E-state index is -0.0269. The number of rotatable bonds is 8. The molecule has 0 bridgehead atoms. The summed E-state index contributed by atoms with van der Waals surface area (Å²) in [6, 6.07) is 7.84. The second-order valence-corrected chi connectivity index (χ2v) is 8.28. The van der Waals surface area contributed by atoms with Crippen LogP contribution in [-0.4, -0.2) is 60.3 Å². The molecule has 2 aliphatic rings. The van der Waals surface area contributed by atoms with Gasteiger partial charge in [-0.25, -0.2) is 4.52 Å². The summed E-state index contributed by atoms with van der Waals surface area (Å²) in [5, 5.41) is 7.77. The van der Waals surface area contributed by atoms with Crippen molar-refractivity contribution in [1.29, 1.82) is 0 Å². The predicted octanol–water partition coefficient (Wildman–Crippen LogP) is 2.40. The van der Waals surface area contributed by atoms with Crippen LogP contribution in [0.2, 0.25) is 0 Å². The molecule has 2 unspecified atom stereocenters. The molecule has 0 radical (unpaired) electrons. The van der Waals surface area contributed by atoms with Gasteiger partial charge in [-0.05, 0) is 48.3 Å². The van der Waals surface area contributed by atoms with Crippen LogP contribution in [-0.2, 0) is 4.74 Å². The first-order valence-corrected chi connectivity index (χ1v) is 10.1. The van der Waals surface area contributed by atoms with Crippen molar-refractivity contribution >= 4 is 11.4 Å². The Morgan fingerprint density at radius 2 is 2.11 bits per heavy atom. The van der Waals surface area contributed by atoms with Crippen LogP contribution in [0.3, 0.4) is 0 Å². The van der Waals surface area contributed by atoms with Crippen LogP contribution in [0.4, 0.5) is 0 Å². The molecule has 1 N–H and O–H groups in total. The number of amides is 1. The molecule has 2 aromatic rings. The molecule has 146 valence electrons. The third-order valence-electron chi connectivity index (χ3n) is 6.10. The fourth-order valence-corrected chi connectivity index (χ4v) is 4.44. The molecule has 1 saturated carbocycles. The summed E-state index contributed by atoms with van der Waals surface area (Å²) in [6.45, 7) is 9.30. The first-order valence-electron chi connectivity index (χ1n) is 10.1. The Hall–Kier alpha value is -1.92. The van der Waals surface area contributed by atoms with Gasteiger partial charge in [0.1, 0.15) is 5.69 Å². The Labute approximate surface area is 160 Å². The number of nitrogens with zero attached hydrogens (tertiary/aromatic N) is 3. The Kier molecular flexibility index (Phi) is 5.19. The van der Waals surface area contributed by atoms with E-state index in [0.717, 1.165) is 49.2 Å². The topological polar surface area (TPSA) is 58.9 Å². The summed E-state index contributed by atoms with van der Waals surface area (Å²) >= 11 is 0. The number of carbonyl (C=O) groups excluding carboxylic acids is 1. The molecule has 0 spiro atoms. The third kappa shape index (κ3) is 3.73. The van der Waals surface area contributed by atoms with Crippen molar-refractivity contribution in [2.75, 3.05) is 39.9 Å². The van der Waals surface area contributed by atoms with E-state index in [2.05, 4.69) is 35.2 Å². The van der Waals surface area contributed by atoms with Crippen molar-refractivity contribution in [1.82, 2.24) is 19.8 Å². The average molecular weight is 370 g/mol. The van der Waals surface area contributed by atoms with Gasteiger partial charge in [-0.2, -0.15) is 5.10 Å². The lowest BCUT2D eigenvalue weighted by molar-refractivity contribution is 0.0941. The van der Waals surface area contributed by atoms with Crippen LogP contribution in [0.1, 0.15) is 42.4 Å². The van der Waals surface area contributed by atoms with Crippen molar-refractivity contribution in [3.63, 3.8) is 0 Å². The number of hydrogen-bond donors (Lipinski definition) is 1. The first kappa shape index (κ1) is 18.4. The van der Waals surface area contributed by atoms with Gasteiger partial charge < -0.3 is 15.0 Å². The summed E-state index contributed by atoms with van der Waals surface area (Å²) in [5.74, 6) is 2.46. The minimum Gasteiger partial charge on any atom is -0.385 e. The highest BCUT2D eigenvalue weighted by molar-refractivity contribution is 5.93. The maximum Gasteiger partial charge on any atom is 0.269 e. The predicted molar refractivity (Wildman–Crippen MR) is 105 cm³/mol. The molecular formula is C21H30N4O2. The fraction of sp³-hybridized carbons (Fsp3) is 0.619. The number of nitrogens with one attached hydrogen (secondary N) is 1. The van der Waals surface area contributed by atoms with Crippen LogP contribution in [0.25, 0.3) is 5.52 Å². The number of hydrogen-bond acceptors (Lipinski definition) is 4. The quantitative estimate of drug-likeness (QED) is 0.725. The highest BCUT2D eigenvalue weighted by atomic mass is 16.5. The Morgan fingerprint density at radius 3 is 2.81 bits per heavy atom. The standard InChI is InChI=1S/C21H30N4O2/c1-14(2)19-10-15-6-4-7-20(25(15)23-19)21(26)22-11-16-17-12-24(13-18(16)17)8-5-9-27-3/h4,6-7,10,14,16-18H,5,8-9,11-13H2,1-3H3,(H,22,26). The molecule has 0 aromatic carbocycles. The number of fused-ring (bicyclic) bond motifs is 2. The van der Waals surface area contributed by atoms with E-state index in [-0.39, 0.29) is 5.91 Å². The lowest BCUT2D eigenvalue weighted by atomic mass is 10.1. The Morgan fingerprint density at radius 1 is 1.33 bits per heavy atom. The second-order valence-electron chi connectivity index (χ2n) is 8.28. The summed E-state index contributed by atoms with van der Waals surface area (Å²) in [7, 11) is 1.76. The number of pyridine rings is 1. The number of methoxy groups -OCH3 is 1. The van der Waals surface area contributed by atoms with Crippen LogP contribution >= 0.6 is 0 Å². The minimum absolute atomic E-state index is 0.0269. The Bertz CT molecular complexity index is 804. The van der Waals surface area contributed by atoms with Gasteiger partial charge in [-0.15, -0.1) is 0 Å². The number of piperidine rings is 1. The van der Waals surface area contributed by atoms with Crippen LogP contribution < -0.4 is 5.32 Å². The van der Waals surface area contributed by atoms with Gasteiger partial charge in [0.15, 0.2) is 0 Å². The molecule has 2 atom stereocenters. The number of aromatic nitrogens is 2. The lowest BCUT2D eigenvalue weighted by Gasteiger charge is -2.19. The maximum absolute atomic E-state index is 12.7. The summed E-state index contributed by atoms with van der Waals surface area (Å²) in [5.41, 5.74) is 2.60.